The first-order valence-corrected chi connectivity index (χ1v) is 10.9. The number of amides is 1. The van der Waals surface area contributed by atoms with Crippen molar-refractivity contribution in [3.63, 3.8) is 0 Å². The quantitative estimate of drug-likeness (QED) is 0.630. The highest BCUT2D eigenvalue weighted by atomic mass is 16.5. The summed E-state index contributed by atoms with van der Waals surface area (Å²) in [7, 11) is 1.66. The van der Waals surface area contributed by atoms with E-state index in [9.17, 15) is 4.79 Å². The topological polar surface area (TPSA) is 84.6 Å². The molecule has 1 fully saturated rings. The van der Waals surface area contributed by atoms with Gasteiger partial charge in [0.05, 0.1) is 13.0 Å². The molecule has 1 atom stereocenters. The largest absolute Gasteiger partial charge is 0.497 e. The van der Waals surface area contributed by atoms with Gasteiger partial charge in [0, 0.05) is 25.6 Å². The maximum absolute atomic E-state index is 12.8. The summed E-state index contributed by atoms with van der Waals surface area (Å²) >= 11 is 0. The predicted molar refractivity (Wildman–Crippen MR) is 120 cm³/mol. The van der Waals surface area contributed by atoms with E-state index in [1.165, 1.54) is 5.56 Å². The van der Waals surface area contributed by atoms with Crippen LogP contribution in [0.3, 0.4) is 0 Å². The number of fused-ring (bicyclic) bond motifs is 1. The number of nitrogens with one attached hydrogen (secondary N) is 1. The van der Waals surface area contributed by atoms with Gasteiger partial charge in [-0.1, -0.05) is 26.0 Å². The number of nitrogens with zero attached hydrogens (tertiary/aromatic N) is 5. The summed E-state index contributed by atoms with van der Waals surface area (Å²) in [5.74, 6) is 2.88. The fraction of sp³-hybridized carbons (Fsp3) is 0.478. The van der Waals surface area contributed by atoms with E-state index in [0.717, 1.165) is 48.8 Å². The molecule has 1 amide bonds. The van der Waals surface area contributed by atoms with Gasteiger partial charge in [-0.15, -0.1) is 15.3 Å². The lowest BCUT2D eigenvalue weighted by atomic mass is 9.97. The van der Waals surface area contributed by atoms with Crippen LogP contribution in [-0.4, -0.2) is 52.5 Å². The van der Waals surface area contributed by atoms with Crippen molar-refractivity contribution in [1.29, 1.82) is 0 Å². The van der Waals surface area contributed by atoms with Gasteiger partial charge in [0.15, 0.2) is 11.5 Å². The number of carbonyl (C=O) groups excluding carboxylic acids is 1. The Morgan fingerprint density at radius 1 is 1.19 bits per heavy atom. The van der Waals surface area contributed by atoms with Gasteiger partial charge in [0.2, 0.25) is 5.91 Å². The number of aromatic nitrogens is 4. The fourth-order valence-electron chi connectivity index (χ4n) is 3.99. The molecule has 3 heterocycles. The Morgan fingerprint density at radius 3 is 2.74 bits per heavy atom. The van der Waals surface area contributed by atoms with Crippen molar-refractivity contribution in [2.75, 3.05) is 31.6 Å². The first-order valence-electron chi connectivity index (χ1n) is 10.9. The molecule has 4 rings (SSSR count). The summed E-state index contributed by atoms with van der Waals surface area (Å²) in [4.78, 5) is 15.0. The molecule has 0 radical (unpaired) electrons. The summed E-state index contributed by atoms with van der Waals surface area (Å²) < 4.78 is 7.00. The lowest BCUT2D eigenvalue weighted by molar-refractivity contribution is -0.125. The number of hydrogen-bond donors (Lipinski definition) is 1. The molecule has 0 bridgehead atoms. The monoisotopic (exact) mass is 422 g/mol. The van der Waals surface area contributed by atoms with Crippen LogP contribution in [0.25, 0.3) is 5.65 Å². The summed E-state index contributed by atoms with van der Waals surface area (Å²) in [6.07, 6.45) is 2.67. The predicted octanol–water partition coefficient (Wildman–Crippen LogP) is 2.83. The molecule has 3 aromatic rings. The molecule has 1 aromatic carbocycles. The van der Waals surface area contributed by atoms with E-state index in [-0.39, 0.29) is 17.7 Å². The van der Waals surface area contributed by atoms with Crippen molar-refractivity contribution < 1.29 is 9.53 Å². The van der Waals surface area contributed by atoms with Crippen LogP contribution in [0, 0.1) is 5.92 Å². The molecule has 0 unspecified atom stereocenters. The van der Waals surface area contributed by atoms with Crippen molar-refractivity contribution >= 4 is 17.4 Å². The van der Waals surface area contributed by atoms with E-state index in [0.29, 0.717) is 13.1 Å². The van der Waals surface area contributed by atoms with Crippen molar-refractivity contribution in [1.82, 2.24) is 25.1 Å². The first kappa shape index (κ1) is 21.1. The Hall–Kier alpha value is -3.16. The van der Waals surface area contributed by atoms with Crippen LogP contribution in [0.1, 0.15) is 44.0 Å². The summed E-state index contributed by atoms with van der Waals surface area (Å²) in [5, 5.41) is 16.3. The van der Waals surface area contributed by atoms with Crippen LogP contribution >= 0.6 is 0 Å². The Morgan fingerprint density at radius 2 is 2.00 bits per heavy atom. The lowest BCUT2D eigenvalue weighted by Crippen LogP contribution is -2.44. The molecular weight excluding hydrogens is 392 g/mol. The average Bonchev–Trinajstić information content (AvgIpc) is 3.23. The minimum Gasteiger partial charge on any atom is -0.497 e. The van der Waals surface area contributed by atoms with E-state index < -0.39 is 0 Å². The van der Waals surface area contributed by atoms with E-state index in [1.54, 1.807) is 7.11 Å². The molecule has 0 saturated carbocycles. The number of benzene rings is 1. The Bertz CT molecular complexity index is 1030. The van der Waals surface area contributed by atoms with Crippen LogP contribution in [0.15, 0.2) is 36.4 Å². The van der Waals surface area contributed by atoms with E-state index in [4.69, 9.17) is 9.84 Å². The summed E-state index contributed by atoms with van der Waals surface area (Å²) in [6.45, 7) is 6.36. The number of ether oxygens (including phenoxy) is 1. The number of carbonyl (C=O) groups is 1. The number of methoxy groups -OCH3 is 1. The second-order valence-electron chi connectivity index (χ2n) is 8.35. The number of piperidine rings is 1. The van der Waals surface area contributed by atoms with Crippen molar-refractivity contribution in [3.8, 4) is 5.75 Å². The highest BCUT2D eigenvalue weighted by Gasteiger charge is 2.27. The molecule has 8 heteroatoms. The highest BCUT2D eigenvalue weighted by Crippen LogP contribution is 2.23. The van der Waals surface area contributed by atoms with E-state index in [2.05, 4.69) is 34.3 Å². The summed E-state index contributed by atoms with van der Waals surface area (Å²) in [6, 6.07) is 11.9. The molecule has 2 aromatic heterocycles. The van der Waals surface area contributed by atoms with Crippen LogP contribution in [-0.2, 0) is 11.2 Å². The molecular formula is C23H30N6O2. The van der Waals surface area contributed by atoms with Gasteiger partial charge in [-0.25, -0.2) is 0 Å². The zero-order valence-electron chi connectivity index (χ0n) is 18.4. The lowest BCUT2D eigenvalue weighted by Gasteiger charge is -2.32. The molecule has 164 valence electrons. The minimum atomic E-state index is -0.0346. The minimum absolute atomic E-state index is 0.0346. The van der Waals surface area contributed by atoms with Crippen molar-refractivity contribution in [2.24, 2.45) is 5.92 Å². The average molecular weight is 423 g/mol. The third-order valence-electron chi connectivity index (χ3n) is 5.78. The fourth-order valence-corrected chi connectivity index (χ4v) is 3.99. The van der Waals surface area contributed by atoms with Gasteiger partial charge in [-0.2, -0.15) is 4.52 Å². The number of hydrogen-bond acceptors (Lipinski definition) is 6. The van der Waals surface area contributed by atoms with Crippen LogP contribution < -0.4 is 15.0 Å². The second kappa shape index (κ2) is 9.32. The van der Waals surface area contributed by atoms with Gasteiger partial charge in [0.25, 0.3) is 0 Å². The van der Waals surface area contributed by atoms with Crippen LogP contribution in [0.4, 0.5) is 5.82 Å². The molecule has 1 saturated heterocycles. The van der Waals surface area contributed by atoms with Gasteiger partial charge in [-0.3, -0.25) is 4.79 Å². The third-order valence-corrected chi connectivity index (χ3v) is 5.78. The number of anilines is 1. The molecule has 0 spiro atoms. The van der Waals surface area contributed by atoms with Crippen molar-refractivity contribution in [2.45, 2.75) is 39.0 Å². The van der Waals surface area contributed by atoms with Crippen LogP contribution in [0.5, 0.6) is 5.75 Å². The Labute approximate surface area is 182 Å². The van der Waals surface area contributed by atoms with Crippen molar-refractivity contribution in [3.05, 3.63) is 47.8 Å². The van der Waals surface area contributed by atoms with Gasteiger partial charge in [0.1, 0.15) is 11.6 Å². The smallest absolute Gasteiger partial charge is 0.224 e. The molecule has 1 aliphatic rings. The van der Waals surface area contributed by atoms with E-state index >= 15 is 0 Å². The summed E-state index contributed by atoms with van der Waals surface area (Å²) in [5.41, 5.74) is 1.93. The highest BCUT2D eigenvalue weighted by molar-refractivity contribution is 5.79. The van der Waals surface area contributed by atoms with Crippen LogP contribution in [0.2, 0.25) is 0 Å². The van der Waals surface area contributed by atoms with Gasteiger partial charge < -0.3 is 15.0 Å². The zero-order chi connectivity index (χ0) is 21.8. The third kappa shape index (κ3) is 4.78. The molecule has 0 aliphatic carbocycles. The van der Waals surface area contributed by atoms with E-state index in [1.807, 2.05) is 40.9 Å². The second-order valence-corrected chi connectivity index (χ2v) is 8.35. The SMILES string of the molecule is COc1ccc(CCNC(=O)[C@H]2CCCN(c3ccc4nnc(C(C)C)n4n3)C2)cc1. The first-order chi connectivity index (χ1) is 15.0. The number of rotatable bonds is 7. The molecule has 1 N–H and O–H groups in total. The molecule has 31 heavy (non-hydrogen) atoms. The standard InChI is InChI=1S/C23H30N6O2/c1-16(2)22-26-25-20-10-11-21(27-29(20)22)28-14-4-5-18(15-28)23(30)24-13-12-17-6-8-19(31-3)9-7-17/h6-11,16,18H,4-5,12-15H2,1-3H3,(H,24,30)/t18-/m0/s1. The maximum Gasteiger partial charge on any atom is 0.224 e. The maximum atomic E-state index is 12.8. The molecule has 8 nitrogen and oxygen atoms in total. The Balaban J connectivity index is 1.36. The zero-order valence-corrected chi connectivity index (χ0v) is 18.4. The van der Waals surface area contributed by atoms with Gasteiger partial charge in [-0.05, 0) is 49.1 Å². The Kier molecular flexibility index (Phi) is 6.34. The normalized spacial score (nSPS) is 16.6. The molecule has 1 aliphatic heterocycles. The van der Waals surface area contributed by atoms with Gasteiger partial charge >= 0.3 is 0 Å².